The molecule has 0 aromatic carbocycles. The van der Waals surface area contributed by atoms with Crippen molar-refractivity contribution < 1.29 is 9.09 Å². The fourth-order valence-corrected chi connectivity index (χ4v) is 20.4. The molecule has 17 heavy (non-hydrogen) atoms. The third-order valence-corrected chi connectivity index (χ3v) is 17.5. The topological polar surface area (TPSA) is 26.3 Å². The van der Waals surface area contributed by atoms with E-state index in [4.69, 9.17) is 4.52 Å². The van der Waals surface area contributed by atoms with Gasteiger partial charge in [0, 0.05) is 0 Å². The van der Waals surface area contributed by atoms with Crippen LogP contribution in [-0.4, -0.2) is 33.5 Å². The molecule has 0 amide bonds. The number of hydrogen-bond donors (Lipinski definition) is 0. The first-order valence-electron chi connectivity index (χ1n) is 6.01. The summed E-state index contributed by atoms with van der Waals surface area (Å²) in [6, 6.07) is 0. The Kier molecular flexibility index (Phi) is 7.76. The van der Waals surface area contributed by atoms with E-state index in [9.17, 15) is 4.57 Å². The van der Waals surface area contributed by atoms with Crippen LogP contribution in [0, 0.1) is 0 Å². The maximum atomic E-state index is 12.7. The lowest BCUT2D eigenvalue weighted by Gasteiger charge is -2.23. The van der Waals surface area contributed by atoms with Gasteiger partial charge in [-0.3, -0.25) is 4.57 Å². The van der Waals surface area contributed by atoms with Crippen LogP contribution in [0.2, 0.25) is 39.3 Å². The quantitative estimate of drug-likeness (QED) is 0.442. The predicted molar refractivity (Wildman–Crippen MR) is 90.8 cm³/mol. The molecule has 0 rings (SSSR count). The van der Waals surface area contributed by atoms with Crippen molar-refractivity contribution in [2.45, 2.75) is 46.2 Å². The van der Waals surface area contributed by atoms with Crippen molar-refractivity contribution in [3.63, 3.8) is 0 Å². The summed E-state index contributed by atoms with van der Waals surface area (Å²) < 4.78 is 18.2. The summed E-state index contributed by atoms with van der Waals surface area (Å²) in [5, 5.41) is 2.03. The van der Waals surface area contributed by atoms with Crippen molar-refractivity contribution in [2.24, 2.45) is 0 Å². The summed E-state index contributed by atoms with van der Waals surface area (Å²) in [5.74, 6) is -2.51. The minimum absolute atomic E-state index is 0.550. The molecule has 0 spiro atoms. The summed E-state index contributed by atoms with van der Waals surface area (Å²) in [6.07, 6.45) is 0. The highest BCUT2D eigenvalue weighted by Gasteiger charge is 2.30. The third kappa shape index (κ3) is 10.9. The van der Waals surface area contributed by atoms with Crippen LogP contribution >= 0.6 is 28.5 Å². The molecule has 0 aliphatic rings. The second-order valence-corrected chi connectivity index (χ2v) is 25.9. The van der Waals surface area contributed by atoms with Gasteiger partial charge in [-0.2, -0.15) is 0 Å². The zero-order chi connectivity index (χ0) is 13.7. The van der Waals surface area contributed by atoms with E-state index in [0.29, 0.717) is 6.61 Å². The molecule has 0 unspecified atom stereocenters. The van der Waals surface area contributed by atoms with Gasteiger partial charge in [0.25, 0.3) is 0 Å². The van der Waals surface area contributed by atoms with Gasteiger partial charge in [0.15, 0.2) is 0 Å². The predicted octanol–water partition coefficient (Wildman–Crippen LogP) is 5.35. The largest absolute Gasteiger partial charge is 0.314 e. The second kappa shape index (κ2) is 7.20. The van der Waals surface area contributed by atoms with Gasteiger partial charge in [0.2, 0.25) is 0 Å². The second-order valence-electron chi connectivity index (χ2n) is 6.53. The van der Waals surface area contributed by atoms with Crippen molar-refractivity contribution >= 4 is 44.7 Å². The Morgan fingerprint density at radius 3 is 1.53 bits per heavy atom. The Hall–Kier alpha value is 1.32. The van der Waals surface area contributed by atoms with Crippen LogP contribution in [0.3, 0.4) is 0 Å². The van der Waals surface area contributed by atoms with E-state index in [1.165, 1.54) is 0 Å². The molecule has 0 N–H and O–H groups in total. The van der Waals surface area contributed by atoms with Gasteiger partial charge < -0.3 is 4.52 Å². The van der Waals surface area contributed by atoms with E-state index in [-0.39, 0.29) is 0 Å². The minimum atomic E-state index is -2.51. The molecule has 0 saturated carbocycles. The smallest absolute Gasteiger partial charge is 0.312 e. The standard InChI is InChI=1S/C10H27O2PS2Si2/c1-8-12-13(11,14-9-16(2,3)4)15-10-17(5,6)7/h8-10H2,1-7H3. The highest BCUT2D eigenvalue weighted by Crippen LogP contribution is 2.70. The van der Waals surface area contributed by atoms with Gasteiger partial charge in [-0.05, 0) is 17.7 Å². The lowest BCUT2D eigenvalue weighted by atomic mass is 10.9. The first-order chi connectivity index (χ1) is 7.47. The van der Waals surface area contributed by atoms with Crippen LogP contribution in [0.1, 0.15) is 6.92 Å². The van der Waals surface area contributed by atoms with Crippen LogP contribution < -0.4 is 0 Å². The molecule has 0 aliphatic heterocycles. The van der Waals surface area contributed by atoms with E-state index in [2.05, 4.69) is 39.3 Å². The molecular formula is C10H27O2PS2Si2. The van der Waals surface area contributed by atoms with E-state index >= 15 is 0 Å². The average molecular weight is 331 g/mol. The highest BCUT2D eigenvalue weighted by atomic mass is 33.1. The Bertz CT molecular complexity index is 252. The van der Waals surface area contributed by atoms with Crippen LogP contribution in [0.4, 0.5) is 0 Å². The first kappa shape index (κ1) is 18.3. The fourth-order valence-electron chi connectivity index (χ4n) is 0.815. The molecule has 0 aliphatic carbocycles. The average Bonchev–Trinajstić information content (AvgIpc) is 2.11. The molecule has 0 fully saturated rings. The molecule has 0 aromatic rings. The van der Waals surface area contributed by atoms with E-state index in [0.717, 1.165) is 10.8 Å². The van der Waals surface area contributed by atoms with E-state index in [1.54, 1.807) is 22.8 Å². The Balaban J connectivity index is 4.41. The number of rotatable bonds is 8. The van der Waals surface area contributed by atoms with Crippen molar-refractivity contribution in [2.75, 3.05) is 17.4 Å². The van der Waals surface area contributed by atoms with Gasteiger partial charge in [0.1, 0.15) is 0 Å². The van der Waals surface area contributed by atoms with Gasteiger partial charge >= 0.3 is 5.77 Å². The van der Waals surface area contributed by atoms with Crippen LogP contribution in [0.5, 0.6) is 0 Å². The monoisotopic (exact) mass is 330 g/mol. The third-order valence-electron chi connectivity index (χ3n) is 1.60. The SMILES string of the molecule is CCOP(=O)(SC[Si](C)(C)C)SC[Si](C)(C)C. The lowest BCUT2D eigenvalue weighted by molar-refractivity contribution is 0.357. The minimum Gasteiger partial charge on any atom is -0.314 e. The molecule has 0 aromatic heterocycles. The summed E-state index contributed by atoms with van der Waals surface area (Å²) in [7, 11) is -2.32. The van der Waals surface area contributed by atoms with Crippen molar-refractivity contribution in [1.29, 1.82) is 0 Å². The lowest BCUT2D eigenvalue weighted by Crippen LogP contribution is -2.25. The summed E-state index contributed by atoms with van der Waals surface area (Å²) in [6.45, 7) is 16.3. The fraction of sp³-hybridized carbons (Fsp3) is 1.00. The zero-order valence-electron chi connectivity index (χ0n) is 12.2. The maximum Gasteiger partial charge on any atom is 0.312 e. The van der Waals surface area contributed by atoms with E-state index in [1.807, 2.05) is 6.92 Å². The van der Waals surface area contributed by atoms with Crippen LogP contribution in [0.15, 0.2) is 0 Å². The Labute approximate surface area is 117 Å². The molecule has 0 bridgehead atoms. The van der Waals surface area contributed by atoms with Crippen molar-refractivity contribution in [3.8, 4) is 0 Å². The van der Waals surface area contributed by atoms with Gasteiger partial charge in [-0.15, -0.1) is 0 Å². The normalized spacial score (nSPS) is 14.1. The Morgan fingerprint density at radius 2 is 1.29 bits per heavy atom. The number of hydrogen-bond acceptors (Lipinski definition) is 4. The van der Waals surface area contributed by atoms with Crippen LogP contribution in [0.25, 0.3) is 0 Å². The van der Waals surface area contributed by atoms with E-state index < -0.39 is 21.9 Å². The molecule has 0 atom stereocenters. The first-order valence-corrected chi connectivity index (χ1v) is 18.2. The van der Waals surface area contributed by atoms with Crippen molar-refractivity contribution in [3.05, 3.63) is 0 Å². The zero-order valence-corrected chi connectivity index (χ0v) is 16.7. The highest BCUT2D eigenvalue weighted by molar-refractivity contribution is 8.89. The van der Waals surface area contributed by atoms with Gasteiger partial charge in [0.05, 0.1) is 22.8 Å². The van der Waals surface area contributed by atoms with Crippen molar-refractivity contribution in [1.82, 2.24) is 0 Å². The van der Waals surface area contributed by atoms with Gasteiger partial charge in [-0.25, -0.2) is 0 Å². The van der Waals surface area contributed by atoms with Gasteiger partial charge in [-0.1, -0.05) is 62.0 Å². The molecule has 0 heterocycles. The molecule has 104 valence electrons. The molecule has 2 nitrogen and oxygen atoms in total. The molecular weight excluding hydrogens is 303 g/mol. The molecule has 7 heteroatoms. The molecule has 0 radical (unpaired) electrons. The van der Waals surface area contributed by atoms with Crippen LogP contribution in [-0.2, 0) is 9.09 Å². The summed E-state index contributed by atoms with van der Waals surface area (Å²) in [5.41, 5.74) is 0. The summed E-state index contributed by atoms with van der Waals surface area (Å²) in [4.78, 5) is 0. The summed E-state index contributed by atoms with van der Waals surface area (Å²) >= 11 is 3.15. The molecule has 0 saturated heterocycles. The maximum absolute atomic E-state index is 12.7. The Morgan fingerprint density at radius 1 is 0.941 bits per heavy atom.